The Balaban J connectivity index is 2.06. The van der Waals surface area contributed by atoms with Gasteiger partial charge < -0.3 is 9.26 Å². The van der Waals surface area contributed by atoms with Gasteiger partial charge in [0.1, 0.15) is 11.4 Å². The smallest absolute Gasteiger partial charge is 0.171 e. The van der Waals surface area contributed by atoms with E-state index in [0.717, 1.165) is 5.56 Å². The summed E-state index contributed by atoms with van der Waals surface area (Å²) in [6.07, 6.45) is 0. The van der Waals surface area contributed by atoms with Crippen molar-refractivity contribution in [3.05, 3.63) is 59.7 Å². The van der Waals surface area contributed by atoms with Crippen molar-refractivity contribution in [2.24, 2.45) is 0 Å². The highest BCUT2D eigenvalue weighted by atomic mass is 16.5. The van der Waals surface area contributed by atoms with Gasteiger partial charge in [-0.05, 0) is 30.3 Å². The summed E-state index contributed by atoms with van der Waals surface area (Å²) in [5.41, 5.74) is 3.11. The Morgan fingerprint density at radius 1 is 1.00 bits per heavy atom. The second kappa shape index (κ2) is 6.05. The number of ether oxygens (including phenoxy) is 1. The highest BCUT2D eigenvalue weighted by Crippen LogP contribution is 2.33. The number of nitriles is 2. The van der Waals surface area contributed by atoms with Crippen molar-refractivity contribution in [3.8, 4) is 40.5 Å². The summed E-state index contributed by atoms with van der Waals surface area (Å²) in [6, 6.07) is 18.1. The van der Waals surface area contributed by atoms with E-state index in [1.807, 2.05) is 6.07 Å². The molecule has 0 bridgehead atoms. The molecule has 0 N–H and O–H groups in total. The first-order valence-electron chi connectivity index (χ1n) is 6.81. The molecule has 0 aliphatic rings. The molecule has 5 nitrogen and oxygen atoms in total. The van der Waals surface area contributed by atoms with Crippen LogP contribution in [0.1, 0.15) is 11.1 Å². The van der Waals surface area contributed by atoms with E-state index >= 15 is 0 Å². The van der Waals surface area contributed by atoms with Gasteiger partial charge in [0.15, 0.2) is 5.76 Å². The van der Waals surface area contributed by atoms with Gasteiger partial charge in [-0.1, -0.05) is 17.3 Å². The van der Waals surface area contributed by atoms with Crippen molar-refractivity contribution in [2.75, 3.05) is 7.11 Å². The Labute approximate surface area is 133 Å². The van der Waals surface area contributed by atoms with Crippen LogP contribution in [0.4, 0.5) is 0 Å². The molecule has 0 saturated heterocycles. The Morgan fingerprint density at radius 2 is 1.78 bits per heavy atom. The fraction of sp³-hybridized carbons (Fsp3) is 0.0556. The number of methoxy groups -OCH3 is 1. The van der Waals surface area contributed by atoms with Gasteiger partial charge >= 0.3 is 0 Å². The summed E-state index contributed by atoms with van der Waals surface area (Å²) < 4.78 is 10.7. The molecule has 3 rings (SSSR count). The maximum Gasteiger partial charge on any atom is 0.171 e. The number of rotatable bonds is 3. The molecule has 1 heterocycles. The van der Waals surface area contributed by atoms with Crippen molar-refractivity contribution in [1.29, 1.82) is 10.5 Å². The molecule has 0 atom stereocenters. The first-order valence-corrected chi connectivity index (χ1v) is 6.81. The normalized spacial score (nSPS) is 9.87. The average Bonchev–Trinajstić information content (AvgIpc) is 3.11. The molecule has 23 heavy (non-hydrogen) atoms. The van der Waals surface area contributed by atoms with Crippen molar-refractivity contribution in [2.45, 2.75) is 0 Å². The van der Waals surface area contributed by atoms with Crippen LogP contribution in [0.5, 0.6) is 5.75 Å². The molecular formula is C18H11N3O2. The SMILES string of the molecule is COc1ccc(C#N)cc1-c1cc(-c2cccc(C#N)c2)no1. The van der Waals surface area contributed by atoms with E-state index in [0.29, 0.717) is 33.9 Å². The Morgan fingerprint density at radius 3 is 2.52 bits per heavy atom. The largest absolute Gasteiger partial charge is 0.496 e. The Bertz CT molecular complexity index is 945. The quantitative estimate of drug-likeness (QED) is 0.735. The highest BCUT2D eigenvalue weighted by molar-refractivity contribution is 5.72. The minimum atomic E-state index is 0.497. The zero-order chi connectivity index (χ0) is 16.2. The lowest BCUT2D eigenvalue weighted by Crippen LogP contribution is -1.88. The summed E-state index contributed by atoms with van der Waals surface area (Å²) in [5.74, 6) is 1.09. The summed E-state index contributed by atoms with van der Waals surface area (Å²) in [4.78, 5) is 0. The number of benzene rings is 2. The third-order valence-corrected chi connectivity index (χ3v) is 3.39. The van der Waals surface area contributed by atoms with Crippen molar-refractivity contribution in [1.82, 2.24) is 5.16 Å². The summed E-state index contributed by atoms with van der Waals surface area (Å²) >= 11 is 0. The highest BCUT2D eigenvalue weighted by Gasteiger charge is 2.14. The molecule has 110 valence electrons. The fourth-order valence-electron chi connectivity index (χ4n) is 2.26. The van der Waals surface area contributed by atoms with Crippen LogP contribution in [0, 0.1) is 22.7 Å². The van der Waals surface area contributed by atoms with Crippen LogP contribution in [0.15, 0.2) is 53.1 Å². The monoisotopic (exact) mass is 301 g/mol. The second-order valence-corrected chi connectivity index (χ2v) is 4.80. The van der Waals surface area contributed by atoms with Gasteiger partial charge in [0.05, 0.1) is 35.9 Å². The molecule has 0 amide bonds. The molecule has 0 aliphatic carbocycles. The zero-order valence-electron chi connectivity index (χ0n) is 12.3. The van der Waals surface area contributed by atoms with Crippen LogP contribution in [-0.4, -0.2) is 12.3 Å². The molecule has 0 saturated carbocycles. The first kappa shape index (κ1) is 14.4. The molecule has 0 unspecified atom stereocenters. The molecule has 0 aliphatic heterocycles. The van der Waals surface area contributed by atoms with E-state index in [4.69, 9.17) is 19.8 Å². The van der Waals surface area contributed by atoms with E-state index in [-0.39, 0.29) is 0 Å². The third kappa shape index (κ3) is 2.76. The van der Waals surface area contributed by atoms with Crippen LogP contribution in [0.3, 0.4) is 0 Å². The molecule has 2 aromatic carbocycles. The van der Waals surface area contributed by atoms with E-state index in [2.05, 4.69) is 17.3 Å². The minimum Gasteiger partial charge on any atom is -0.496 e. The number of aromatic nitrogens is 1. The van der Waals surface area contributed by atoms with Crippen LogP contribution < -0.4 is 4.74 Å². The molecule has 5 heteroatoms. The predicted molar refractivity (Wildman–Crippen MR) is 83.4 cm³/mol. The fourth-order valence-corrected chi connectivity index (χ4v) is 2.26. The predicted octanol–water partition coefficient (Wildman–Crippen LogP) is 3.76. The molecule has 0 spiro atoms. The maximum absolute atomic E-state index is 9.05. The second-order valence-electron chi connectivity index (χ2n) is 4.80. The molecule has 1 aromatic heterocycles. The maximum atomic E-state index is 9.05. The molecule has 0 radical (unpaired) electrons. The van der Waals surface area contributed by atoms with Gasteiger partial charge in [-0.2, -0.15) is 10.5 Å². The van der Waals surface area contributed by atoms with E-state index in [1.165, 1.54) is 0 Å². The summed E-state index contributed by atoms with van der Waals surface area (Å²) in [7, 11) is 1.55. The van der Waals surface area contributed by atoms with Crippen molar-refractivity contribution >= 4 is 0 Å². The van der Waals surface area contributed by atoms with E-state index in [1.54, 1.807) is 49.6 Å². The van der Waals surface area contributed by atoms with E-state index < -0.39 is 0 Å². The summed E-state index contributed by atoms with van der Waals surface area (Å²) in [6.45, 7) is 0. The Kier molecular flexibility index (Phi) is 3.78. The molecule has 3 aromatic rings. The first-order chi connectivity index (χ1) is 11.2. The topological polar surface area (TPSA) is 82.8 Å². The van der Waals surface area contributed by atoms with Crippen LogP contribution in [0.2, 0.25) is 0 Å². The molecular weight excluding hydrogens is 290 g/mol. The van der Waals surface area contributed by atoms with E-state index in [9.17, 15) is 0 Å². The minimum absolute atomic E-state index is 0.497. The number of hydrogen-bond donors (Lipinski definition) is 0. The van der Waals surface area contributed by atoms with Crippen LogP contribution >= 0.6 is 0 Å². The van der Waals surface area contributed by atoms with Crippen molar-refractivity contribution in [3.63, 3.8) is 0 Å². The summed E-state index contributed by atoms with van der Waals surface area (Å²) in [5, 5.41) is 22.1. The lowest BCUT2D eigenvalue weighted by molar-refractivity contribution is 0.406. The van der Waals surface area contributed by atoms with Gasteiger partial charge in [0, 0.05) is 11.6 Å². The van der Waals surface area contributed by atoms with Gasteiger partial charge in [0.25, 0.3) is 0 Å². The third-order valence-electron chi connectivity index (χ3n) is 3.39. The number of nitrogens with zero attached hydrogens (tertiary/aromatic N) is 3. The van der Waals surface area contributed by atoms with Gasteiger partial charge in [-0.15, -0.1) is 0 Å². The standard InChI is InChI=1S/C18H11N3O2/c1-22-17-6-5-13(11-20)8-15(17)18-9-16(21-23-18)14-4-2-3-12(7-14)10-19/h2-9H,1H3. The van der Waals surface area contributed by atoms with Gasteiger partial charge in [0.2, 0.25) is 0 Å². The lowest BCUT2D eigenvalue weighted by atomic mass is 10.1. The number of hydrogen-bond acceptors (Lipinski definition) is 5. The van der Waals surface area contributed by atoms with Crippen LogP contribution in [0.25, 0.3) is 22.6 Å². The average molecular weight is 301 g/mol. The van der Waals surface area contributed by atoms with Crippen molar-refractivity contribution < 1.29 is 9.26 Å². The zero-order valence-corrected chi connectivity index (χ0v) is 12.3. The van der Waals surface area contributed by atoms with Crippen LogP contribution in [-0.2, 0) is 0 Å². The Hall–Kier alpha value is -3.57. The van der Waals surface area contributed by atoms with Gasteiger partial charge in [-0.3, -0.25) is 0 Å². The lowest BCUT2D eigenvalue weighted by Gasteiger charge is -2.05. The molecule has 0 fully saturated rings. The van der Waals surface area contributed by atoms with Gasteiger partial charge in [-0.25, -0.2) is 0 Å².